The number of rotatable bonds is 7. The molecule has 2 rings (SSSR count). The molecule has 4 nitrogen and oxygen atoms in total. The number of amides is 1. The fourth-order valence-electron chi connectivity index (χ4n) is 2.39. The van der Waals surface area contributed by atoms with Gasteiger partial charge in [0.05, 0.1) is 6.42 Å². The van der Waals surface area contributed by atoms with Gasteiger partial charge in [-0.2, -0.15) is 0 Å². The van der Waals surface area contributed by atoms with Crippen molar-refractivity contribution in [2.24, 2.45) is 0 Å². The lowest BCUT2D eigenvalue weighted by molar-refractivity contribution is -0.137. The molecule has 1 atom stereocenters. The molecule has 0 radical (unpaired) electrons. The van der Waals surface area contributed by atoms with Crippen molar-refractivity contribution in [2.75, 3.05) is 0 Å². The van der Waals surface area contributed by atoms with Crippen LogP contribution in [-0.2, 0) is 16.1 Å². The van der Waals surface area contributed by atoms with Crippen molar-refractivity contribution in [1.82, 2.24) is 5.32 Å². The second-order valence-electron chi connectivity index (χ2n) is 5.32. The summed E-state index contributed by atoms with van der Waals surface area (Å²) in [4.78, 5) is 23.1. The highest BCUT2D eigenvalue weighted by molar-refractivity contribution is 5.78. The Morgan fingerprint density at radius 3 is 2.43 bits per heavy atom. The standard InChI is InChI=1S/C18H18FNO3/c19-16-8-4-5-13(9-16)12-20-17(21)10-15(11-18(22)23)14-6-2-1-3-7-14/h1-9,15H,10-12H2,(H,20,21)(H,22,23). The number of hydrogen-bond donors (Lipinski definition) is 2. The van der Waals surface area contributed by atoms with Gasteiger partial charge in [0.15, 0.2) is 0 Å². The van der Waals surface area contributed by atoms with Crippen molar-refractivity contribution in [3.8, 4) is 0 Å². The Kier molecular flexibility index (Phi) is 5.86. The maximum absolute atomic E-state index is 13.1. The molecule has 23 heavy (non-hydrogen) atoms. The second-order valence-corrected chi connectivity index (χ2v) is 5.32. The van der Waals surface area contributed by atoms with E-state index < -0.39 is 5.97 Å². The van der Waals surface area contributed by atoms with Crippen LogP contribution < -0.4 is 5.32 Å². The predicted octanol–water partition coefficient (Wildman–Crippen LogP) is 3.09. The number of aliphatic carboxylic acids is 1. The van der Waals surface area contributed by atoms with Crippen LogP contribution in [0.15, 0.2) is 54.6 Å². The molecule has 2 aromatic carbocycles. The molecule has 0 heterocycles. The molecular formula is C18H18FNO3. The third-order valence-electron chi connectivity index (χ3n) is 3.50. The van der Waals surface area contributed by atoms with Crippen molar-refractivity contribution < 1.29 is 19.1 Å². The van der Waals surface area contributed by atoms with Gasteiger partial charge in [0.1, 0.15) is 5.82 Å². The van der Waals surface area contributed by atoms with E-state index in [1.54, 1.807) is 12.1 Å². The first-order valence-electron chi connectivity index (χ1n) is 7.32. The van der Waals surface area contributed by atoms with Crippen LogP contribution in [0.1, 0.15) is 29.9 Å². The highest BCUT2D eigenvalue weighted by Crippen LogP contribution is 2.23. The van der Waals surface area contributed by atoms with Crippen molar-refractivity contribution in [1.29, 1.82) is 0 Å². The lowest BCUT2D eigenvalue weighted by Gasteiger charge is -2.15. The largest absolute Gasteiger partial charge is 0.481 e. The number of carboxylic acids is 1. The van der Waals surface area contributed by atoms with E-state index in [4.69, 9.17) is 5.11 Å². The van der Waals surface area contributed by atoms with Crippen molar-refractivity contribution >= 4 is 11.9 Å². The predicted molar refractivity (Wildman–Crippen MR) is 84.3 cm³/mol. The SMILES string of the molecule is O=C(O)CC(CC(=O)NCc1cccc(F)c1)c1ccccc1. The van der Waals surface area contributed by atoms with Crippen LogP contribution in [0, 0.1) is 5.82 Å². The maximum Gasteiger partial charge on any atom is 0.303 e. The van der Waals surface area contributed by atoms with E-state index in [0.717, 1.165) is 5.56 Å². The first-order valence-corrected chi connectivity index (χ1v) is 7.32. The van der Waals surface area contributed by atoms with Crippen LogP contribution in [0.2, 0.25) is 0 Å². The van der Waals surface area contributed by atoms with Gasteiger partial charge in [-0.15, -0.1) is 0 Å². The van der Waals surface area contributed by atoms with Crippen molar-refractivity contribution in [3.63, 3.8) is 0 Å². The molecule has 2 N–H and O–H groups in total. The first-order chi connectivity index (χ1) is 11.0. The Bertz CT molecular complexity index is 673. The molecule has 0 aliphatic rings. The summed E-state index contributed by atoms with van der Waals surface area (Å²) in [5.41, 5.74) is 1.48. The molecule has 0 saturated carbocycles. The minimum Gasteiger partial charge on any atom is -0.481 e. The van der Waals surface area contributed by atoms with Gasteiger partial charge in [0.25, 0.3) is 0 Å². The van der Waals surface area contributed by atoms with Gasteiger partial charge in [-0.3, -0.25) is 9.59 Å². The van der Waals surface area contributed by atoms with E-state index in [9.17, 15) is 14.0 Å². The second kappa shape index (κ2) is 8.08. The van der Waals surface area contributed by atoms with E-state index in [0.29, 0.717) is 5.56 Å². The quantitative estimate of drug-likeness (QED) is 0.825. The molecule has 0 aliphatic carbocycles. The van der Waals surface area contributed by atoms with Gasteiger partial charge in [-0.05, 0) is 23.3 Å². The smallest absolute Gasteiger partial charge is 0.303 e. The first kappa shape index (κ1) is 16.7. The van der Waals surface area contributed by atoms with Gasteiger partial charge < -0.3 is 10.4 Å². The van der Waals surface area contributed by atoms with Crippen LogP contribution in [0.4, 0.5) is 4.39 Å². The molecule has 0 aromatic heterocycles. The Balaban J connectivity index is 1.96. The lowest BCUT2D eigenvalue weighted by Crippen LogP contribution is -2.25. The van der Waals surface area contributed by atoms with Crippen LogP contribution in [-0.4, -0.2) is 17.0 Å². The lowest BCUT2D eigenvalue weighted by atomic mass is 9.92. The normalized spacial score (nSPS) is 11.7. The fraction of sp³-hybridized carbons (Fsp3) is 0.222. The number of hydrogen-bond acceptors (Lipinski definition) is 2. The molecule has 0 aliphatic heterocycles. The van der Waals surface area contributed by atoms with Gasteiger partial charge in [0.2, 0.25) is 5.91 Å². The van der Waals surface area contributed by atoms with E-state index in [-0.39, 0.29) is 37.0 Å². The molecule has 120 valence electrons. The van der Waals surface area contributed by atoms with Gasteiger partial charge >= 0.3 is 5.97 Å². The van der Waals surface area contributed by atoms with E-state index in [1.807, 2.05) is 30.3 Å². The van der Waals surface area contributed by atoms with E-state index in [1.165, 1.54) is 12.1 Å². The zero-order valence-electron chi connectivity index (χ0n) is 12.5. The highest BCUT2D eigenvalue weighted by Gasteiger charge is 2.19. The summed E-state index contributed by atoms with van der Waals surface area (Å²) >= 11 is 0. The molecule has 5 heteroatoms. The Morgan fingerprint density at radius 2 is 1.78 bits per heavy atom. The molecule has 0 spiro atoms. The van der Waals surface area contributed by atoms with Gasteiger partial charge in [-0.25, -0.2) is 4.39 Å². The molecular weight excluding hydrogens is 297 g/mol. The summed E-state index contributed by atoms with van der Waals surface area (Å²) < 4.78 is 13.1. The molecule has 2 aromatic rings. The summed E-state index contributed by atoms with van der Waals surface area (Å²) in [6.45, 7) is 0.213. The fourth-order valence-corrected chi connectivity index (χ4v) is 2.39. The number of nitrogens with one attached hydrogen (secondary N) is 1. The monoisotopic (exact) mass is 315 g/mol. The third kappa shape index (κ3) is 5.54. The Labute approximate surface area is 134 Å². The number of halogens is 1. The van der Waals surface area contributed by atoms with Gasteiger partial charge in [-0.1, -0.05) is 42.5 Å². The van der Waals surface area contributed by atoms with Gasteiger partial charge in [0, 0.05) is 18.9 Å². The number of benzene rings is 2. The highest BCUT2D eigenvalue weighted by atomic mass is 19.1. The summed E-state index contributed by atoms with van der Waals surface area (Å²) in [6, 6.07) is 15.1. The average Bonchev–Trinajstić information content (AvgIpc) is 2.53. The van der Waals surface area contributed by atoms with E-state index in [2.05, 4.69) is 5.32 Å². The van der Waals surface area contributed by atoms with Crippen LogP contribution in [0.25, 0.3) is 0 Å². The number of carbonyl (C=O) groups excluding carboxylic acids is 1. The van der Waals surface area contributed by atoms with Crippen molar-refractivity contribution in [3.05, 3.63) is 71.5 Å². The van der Waals surface area contributed by atoms with Crippen LogP contribution in [0.3, 0.4) is 0 Å². The zero-order chi connectivity index (χ0) is 16.7. The molecule has 1 amide bonds. The number of carbonyl (C=O) groups is 2. The Hall–Kier alpha value is -2.69. The van der Waals surface area contributed by atoms with Crippen LogP contribution in [0.5, 0.6) is 0 Å². The molecule has 0 fully saturated rings. The summed E-state index contributed by atoms with van der Waals surface area (Å²) in [6.07, 6.45) is -0.0387. The Morgan fingerprint density at radius 1 is 1.04 bits per heavy atom. The minimum absolute atomic E-state index is 0.0750. The maximum atomic E-state index is 13.1. The minimum atomic E-state index is -0.947. The third-order valence-corrected chi connectivity index (χ3v) is 3.50. The number of carboxylic acid groups (broad SMARTS) is 1. The summed E-state index contributed by atoms with van der Waals surface area (Å²) in [5.74, 6) is -1.95. The summed E-state index contributed by atoms with van der Waals surface area (Å²) in [5, 5.41) is 11.7. The molecule has 0 saturated heterocycles. The molecule has 0 bridgehead atoms. The van der Waals surface area contributed by atoms with E-state index >= 15 is 0 Å². The van der Waals surface area contributed by atoms with Crippen LogP contribution >= 0.6 is 0 Å². The summed E-state index contributed by atoms with van der Waals surface area (Å²) in [7, 11) is 0. The average molecular weight is 315 g/mol. The topological polar surface area (TPSA) is 66.4 Å². The van der Waals surface area contributed by atoms with Crippen molar-refractivity contribution in [2.45, 2.75) is 25.3 Å². The molecule has 1 unspecified atom stereocenters. The zero-order valence-corrected chi connectivity index (χ0v) is 12.5.